The van der Waals surface area contributed by atoms with Crippen molar-refractivity contribution >= 4 is 23.2 Å². The number of benzene rings is 1. The maximum absolute atomic E-state index is 12.1. The molecule has 1 heterocycles. The van der Waals surface area contributed by atoms with Crippen LogP contribution in [0.4, 0.5) is 11.4 Å². The molecule has 21 heavy (non-hydrogen) atoms. The lowest BCUT2D eigenvalue weighted by molar-refractivity contribution is -0.118. The number of nitrogens with one attached hydrogen (secondary N) is 1. The van der Waals surface area contributed by atoms with Crippen LogP contribution >= 0.6 is 0 Å². The molecule has 2 rings (SSSR count). The third kappa shape index (κ3) is 3.61. The van der Waals surface area contributed by atoms with E-state index in [0.717, 1.165) is 25.1 Å². The minimum atomic E-state index is -0.521. The van der Waals surface area contributed by atoms with Gasteiger partial charge in [-0.1, -0.05) is 26.3 Å². The van der Waals surface area contributed by atoms with E-state index in [2.05, 4.69) is 5.32 Å². The van der Waals surface area contributed by atoms with E-state index in [0.29, 0.717) is 12.1 Å². The van der Waals surface area contributed by atoms with Gasteiger partial charge < -0.3 is 16.0 Å². The molecule has 0 radical (unpaired) electrons. The van der Waals surface area contributed by atoms with E-state index < -0.39 is 6.04 Å². The summed E-state index contributed by atoms with van der Waals surface area (Å²) >= 11 is 0. The molecule has 0 aliphatic carbocycles. The van der Waals surface area contributed by atoms with Crippen LogP contribution in [0.2, 0.25) is 0 Å². The Hall–Kier alpha value is -1.88. The summed E-state index contributed by atoms with van der Waals surface area (Å²) in [5, 5.41) is 2.83. The molecule has 5 heteroatoms. The Labute approximate surface area is 125 Å². The quantitative estimate of drug-likeness (QED) is 0.872. The van der Waals surface area contributed by atoms with Gasteiger partial charge in [-0.15, -0.1) is 0 Å². The molecule has 1 aliphatic heterocycles. The molecule has 114 valence electrons. The van der Waals surface area contributed by atoms with Gasteiger partial charge in [0.1, 0.15) is 0 Å². The molecule has 1 unspecified atom stereocenters. The number of nitrogens with zero attached hydrogens (tertiary/aromatic N) is 1. The molecule has 1 aliphatic rings. The van der Waals surface area contributed by atoms with Crippen molar-refractivity contribution in [3.05, 3.63) is 24.3 Å². The van der Waals surface area contributed by atoms with Crippen molar-refractivity contribution in [2.45, 2.75) is 39.2 Å². The van der Waals surface area contributed by atoms with Gasteiger partial charge in [-0.3, -0.25) is 9.59 Å². The highest BCUT2D eigenvalue weighted by molar-refractivity contribution is 5.98. The van der Waals surface area contributed by atoms with Crippen LogP contribution in [-0.4, -0.2) is 24.4 Å². The highest BCUT2D eigenvalue weighted by atomic mass is 16.2. The maximum atomic E-state index is 12.1. The third-order valence-corrected chi connectivity index (χ3v) is 4.06. The van der Waals surface area contributed by atoms with E-state index in [4.69, 9.17) is 5.73 Å². The van der Waals surface area contributed by atoms with Crippen LogP contribution in [0.1, 0.15) is 33.1 Å². The number of carbonyl (C=O) groups is 2. The van der Waals surface area contributed by atoms with Gasteiger partial charge in [-0.05, 0) is 30.5 Å². The predicted molar refractivity (Wildman–Crippen MR) is 84.1 cm³/mol. The summed E-state index contributed by atoms with van der Waals surface area (Å²) < 4.78 is 0. The van der Waals surface area contributed by atoms with Crippen LogP contribution in [0.5, 0.6) is 0 Å². The summed E-state index contributed by atoms with van der Waals surface area (Å²) in [6.07, 6.45) is 2.33. The smallest absolute Gasteiger partial charge is 0.241 e. The lowest BCUT2D eigenvalue weighted by atomic mass is 9.99. The summed E-state index contributed by atoms with van der Waals surface area (Å²) in [4.78, 5) is 25.6. The van der Waals surface area contributed by atoms with Crippen molar-refractivity contribution in [1.29, 1.82) is 0 Å². The zero-order chi connectivity index (χ0) is 15.4. The summed E-state index contributed by atoms with van der Waals surface area (Å²) in [7, 11) is 0. The molecule has 2 amide bonds. The topological polar surface area (TPSA) is 75.4 Å². The van der Waals surface area contributed by atoms with Crippen LogP contribution in [0.3, 0.4) is 0 Å². The van der Waals surface area contributed by atoms with Crippen molar-refractivity contribution in [3.63, 3.8) is 0 Å². The fraction of sp³-hybridized carbons (Fsp3) is 0.500. The van der Waals surface area contributed by atoms with Crippen LogP contribution in [0, 0.1) is 5.92 Å². The van der Waals surface area contributed by atoms with E-state index in [1.54, 1.807) is 4.90 Å². The molecule has 2 atom stereocenters. The highest BCUT2D eigenvalue weighted by Gasteiger charge is 2.23. The fourth-order valence-electron chi connectivity index (χ4n) is 2.41. The van der Waals surface area contributed by atoms with Crippen LogP contribution in [-0.2, 0) is 9.59 Å². The Bertz CT molecular complexity index is 530. The Morgan fingerprint density at radius 1 is 1.48 bits per heavy atom. The van der Waals surface area contributed by atoms with E-state index in [1.807, 2.05) is 38.1 Å². The minimum Gasteiger partial charge on any atom is -0.325 e. The number of nitrogens with two attached hydrogens (primary N) is 1. The van der Waals surface area contributed by atoms with E-state index in [9.17, 15) is 9.59 Å². The Balaban J connectivity index is 2.07. The first-order valence-electron chi connectivity index (χ1n) is 7.49. The summed E-state index contributed by atoms with van der Waals surface area (Å²) in [6, 6.07) is 6.83. The average Bonchev–Trinajstić information content (AvgIpc) is 2.92. The first-order chi connectivity index (χ1) is 10.0. The number of rotatable bonds is 5. The predicted octanol–water partition coefficient (Wildman–Crippen LogP) is 2.13. The molecular formula is C16H23N3O2. The number of carbonyl (C=O) groups excluding carboxylic acids is 2. The second kappa shape index (κ2) is 6.72. The van der Waals surface area contributed by atoms with Gasteiger partial charge in [0.2, 0.25) is 11.8 Å². The molecule has 0 bridgehead atoms. The van der Waals surface area contributed by atoms with E-state index >= 15 is 0 Å². The standard InChI is InChI=1S/C16H23N3O2/c1-3-11(2)15(17)16(21)18-12-6-4-7-13(10-12)19-9-5-8-14(19)20/h4,6-7,10-11,15H,3,5,8-9,17H2,1-2H3,(H,18,21)/t11?,15-/m0/s1. The van der Waals surface area contributed by atoms with Gasteiger partial charge in [0, 0.05) is 24.3 Å². The molecule has 0 aromatic heterocycles. The van der Waals surface area contributed by atoms with Gasteiger partial charge in [-0.2, -0.15) is 0 Å². The second-order valence-electron chi connectivity index (χ2n) is 5.60. The second-order valence-corrected chi connectivity index (χ2v) is 5.60. The normalized spacial score (nSPS) is 17.7. The molecular weight excluding hydrogens is 266 g/mol. The molecule has 1 aromatic carbocycles. The van der Waals surface area contributed by atoms with Crippen molar-refractivity contribution in [2.75, 3.05) is 16.8 Å². The number of hydrogen-bond acceptors (Lipinski definition) is 3. The SMILES string of the molecule is CCC(C)[C@H](N)C(=O)Nc1cccc(N2CCCC2=O)c1. The molecule has 1 aromatic rings. The molecule has 1 fully saturated rings. The van der Waals surface area contributed by atoms with Crippen LogP contribution in [0.25, 0.3) is 0 Å². The van der Waals surface area contributed by atoms with Gasteiger partial charge in [0.25, 0.3) is 0 Å². The van der Waals surface area contributed by atoms with Crippen molar-refractivity contribution in [1.82, 2.24) is 0 Å². The number of anilines is 2. The number of hydrogen-bond donors (Lipinski definition) is 2. The first kappa shape index (κ1) is 15.5. The summed E-state index contributed by atoms with van der Waals surface area (Å²) in [5.74, 6) is 0.0809. The van der Waals surface area contributed by atoms with Crippen molar-refractivity contribution < 1.29 is 9.59 Å². The Morgan fingerprint density at radius 3 is 2.86 bits per heavy atom. The van der Waals surface area contributed by atoms with E-state index in [1.165, 1.54) is 0 Å². The largest absolute Gasteiger partial charge is 0.325 e. The lowest BCUT2D eigenvalue weighted by Gasteiger charge is -2.19. The number of amides is 2. The lowest BCUT2D eigenvalue weighted by Crippen LogP contribution is -2.40. The van der Waals surface area contributed by atoms with Gasteiger partial charge in [0.15, 0.2) is 0 Å². The Morgan fingerprint density at radius 2 is 2.24 bits per heavy atom. The first-order valence-corrected chi connectivity index (χ1v) is 7.49. The summed E-state index contributed by atoms with van der Waals surface area (Å²) in [6.45, 7) is 4.71. The average molecular weight is 289 g/mol. The molecule has 0 saturated carbocycles. The minimum absolute atomic E-state index is 0.133. The fourth-order valence-corrected chi connectivity index (χ4v) is 2.41. The maximum Gasteiger partial charge on any atom is 0.241 e. The third-order valence-electron chi connectivity index (χ3n) is 4.06. The molecule has 0 spiro atoms. The zero-order valence-electron chi connectivity index (χ0n) is 12.6. The van der Waals surface area contributed by atoms with Gasteiger partial charge in [0.05, 0.1) is 6.04 Å². The van der Waals surface area contributed by atoms with Gasteiger partial charge >= 0.3 is 0 Å². The Kier molecular flexibility index (Phi) is 4.96. The molecule has 3 N–H and O–H groups in total. The monoisotopic (exact) mass is 289 g/mol. The highest BCUT2D eigenvalue weighted by Crippen LogP contribution is 2.24. The van der Waals surface area contributed by atoms with Crippen molar-refractivity contribution in [3.8, 4) is 0 Å². The summed E-state index contributed by atoms with van der Waals surface area (Å²) in [5.41, 5.74) is 7.43. The van der Waals surface area contributed by atoms with Crippen LogP contribution in [0.15, 0.2) is 24.3 Å². The molecule has 5 nitrogen and oxygen atoms in total. The van der Waals surface area contributed by atoms with E-state index in [-0.39, 0.29) is 17.7 Å². The molecule has 1 saturated heterocycles. The van der Waals surface area contributed by atoms with Gasteiger partial charge in [-0.25, -0.2) is 0 Å². The van der Waals surface area contributed by atoms with Crippen molar-refractivity contribution in [2.24, 2.45) is 11.7 Å². The van der Waals surface area contributed by atoms with Crippen LogP contribution < -0.4 is 16.0 Å². The zero-order valence-corrected chi connectivity index (χ0v) is 12.6.